The molecule has 195 valence electrons. The molecule has 2 nitrogen and oxygen atoms in total. The van der Waals surface area contributed by atoms with Crippen molar-refractivity contribution in [1.29, 1.82) is 0 Å². The van der Waals surface area contributed by atoms with Crippen LogP contribution in [-0.2, 0) is 27.1 Å². The maximum absolute atomic E-state index is 11.7. The Kier molecular flexibility index (Phi) is 13.0. The topological polar surface area (TPSA) is 23.5 Å². The summed E-state index contributed by atoms with van der Waals surface area (Å²) in [5, 5.41) is 13.1. The standard InChI is InChI=1S/C28H43NOSi.3CH3.Ti/c1-7-31(8-2,25-18-20(3)17-23(26(25)30)28(4,5)6)27-22-14-10-9-13-21(22)19-24(27)29-15-11-12-16-29;;;;/h9-10,13-14,17-18,21-22,24,27,30H,7-8,11-12,15-16,19H2,1-6H3;3*1H3;/q;3*-1;+3. The molecule has 35 heavy (non-hydrogen) atoms. The van der Waals surface area contributed by atoms with Crippen molar-refractivity contribution >= 4 is 13.3 Å². The van der Waals surface area contributed by atoms with Gasteiger partial charge in [-0.05, 0) is 72.8 Å². The second-order valence-electron chi connectivity index (χ2n) is 11.4. The number of hydrogen-bond acceptors (Lipinski definition) is 2. The van der Waals surface area contributed by atoms with Gasteiger partial charge in [-0.3, -0.25) is 0 Å². The second kappa shape index (κ2) is 13.3. The Morgan fingerprint density at radius 2 is 1.54 bits per heavy atom. The van der Waals surface area contributed by atoms with Crippen LogP contribution in [-0.4, -0.2) is 37.2 Å². The van der Waals surface area contributed by atoms with E-state index in [1.165, 1.54) is 55.2 Å². The molecule has 4 rings (SSSR count). The van der Waals surface area contributed by atoms with Gasteiger partial charge in [0.2, 0.25) is 0 Å². The molecule has 2 fully saturated rings. The molecule has 1 aromatic carbocycles. The Morgan fingerprint density at radius 1 is 0.971 bits per heavy atom. The molecule has 1 aromatic rings. The van der Waals surface area contributed by atoms with Crippen molar-refractivity contribution in [3.8, 4) is 5.75 Å². The number of benzene rings is 1. The number of phenolic OH excluding ortho intramolecular Hbond substituents is 1. The normalized spacial score (nSPS) is 25.7. The molecular formula is C31H52NOSiTi. The second-order valence-corrected chi connectivity index (χ2v) is 16.3. The van der Waals surface area contributed by atoms with E-state index in [2.05, 4.69) is 82.9 Å². The molecule has 3 aliphatic rings. The third-order valence-electron chi connectivity index (χ3n) is 8.75. The van der Waals surface area contributed by atoms with Gasteiger partial charge in [0, 0.05) is 6.04 Å². The maximum Gasteiger partial charge on any atom is 3.00 e. The maximum atomic E-state index is 11.7. The smallest absolute Gasteiger partial charge is 0.508 e. The average molecular weight is 531 g/mol. The Hall–Kier alpha value is -0.609. The molecule has 0 aromatic heterocycles. The summed E-state index contributed by atoms with van der Waals surface area (Å²) in [5.74, 6) is 1.91. The van der Waals surface area contributed by atoms with Crippen molar-refractivity contribution in [1.82, 2.24) is 4.90 Å². The van der Waals surface area contributed by atoms with Crippen molar-refractivity contribution in [2.75, 3.05) is 13.1 Å². The molecule has 1 N–H and O–H groups in total. The van der Waals surface area contributed by atoms with Gasteiger partial charge in [0.1, 0.15) is 5.75 Å². The van der Waals surface area contributed by atoms with Gasteiger partial charge in [0.15, 0.2) is 0 Å². The molecule has 2 aliphatic carbocycles. The fourth-order valence-corrected chi connectivity index (χ4v) is 13.0. The summed E-state index contributed by atoms with van der Waals surface area (Å²) in [5.41, 5.74) is 3.06. The molecule has 1 heterocycles. The van der Waals surface area contributed by atoms with Gasteiger partial charge >= 0.3 is 21.7 Å². The van der Waals surface area contributed by atoms with E-state index < -0.39 is 8.07 Å². The van der Waals surface area contributed by atoms with E-state index in [0.717, 1.165) is 5.56 Å². The predicted molar refractivity (Wildman–Crippen MR) is 155 cm³/mol. The van der Waals surface area contributed by atoms with E-state index in [0.29, 0.717) is 29.2 Å². The number of aromatic hydroxyl groups is 1. The van der Waals surface area contributed by atoms with E-state index in [4.69, 9.17) is 0 Å². The van der Waals surface area contributed by atoms with Crippen molar-refractivity contribution in [2.24, 2.45) is 11.8 Å². The van der Waals surface area contributed by atoms with Crippen LogP contribution in [0.1, 0.15) is 65.0 Å². The van der Waals surface area contributed by atoms with Crippen LogP contribution >= 0.6 is 0 Å². The molecule has 4 atom stereocenters. The van der Waals surface area contributed by atoms with Crippen LogP contribution in [0.25, 0.3) is 0 Å². The molecule has 1 aliphatic heterocycles. The number of allylic oxidation sites excluding steroid dienone is 4. The number of likely N-dealkylation sites (tertiary alicyclic amines) is 1. The predicted octanol–water partition coefficient (Wildman–Crippen LogP) is 7.64. The van der Waals surface area contributed by atoms with Crippen LogP contribution in [0, 0.1) is 41.0 Å². The van der Waals surface area contributed by atoms with Crippen molar-refractivity contribution in [2.45, 2.75) is 89.9 Å². The van der Waals surface area contributed by atoms with Gasteiger partial charge in [0.25, 0.3) is 0 Å². The third-order valence-corrected chi connectivity index (χ3v) is 14.8. The van der Waals surface area contributed by atoms with Crippen molar-refractivity contribution < 1.29 is 26.8 Å². The number of aryl methyl sites for hydroxylation is 1. The largest absolute Gasteiger partial charge is 3.00 e. The van der Waals surface area contributed by atoms with Crippen molar-refractivity contribution in [3.05, 3.63) is 69.8 Å². The minimum Gasteiger partial charge on any atom is -0.508 e. The van der Waals surface area contributed by atoms with E-state index in [9.17, 15) is 5.11 Å². The minimum absolute atomic E-state index is 0. The van der Waals surface area contributed by atoms with Crippen LogP contribution in [0.4, 0.5) is 0 Å². The fourth-order valence-electron chi connectivity index (χ4n) is 7.17. The van der Waals surface area contributed by atoms with E-state index in [-0.39, 0.29) is 49.4 Å². The molecule has 4 unspecified atom stereocenters. The first-order valence-corrected chi connectivity index (χ1v) is 15.2. The molecule has 1 saturated carbocycles. The number of phenols is 1. The third kappa shape index (κ3) is 6.11. The Bertz CT molecular complexity index is 861. The summed E-state index contributed by atoms with van der Waals surface area (Å²) in [4.78, 5) is 2.83. The Labute approximate surface area is 234 Å². The SMILES string of the molecule is CC[Si](CC)(c1cc(C)cc(C(C)(C)C)c1O)C1C2C=CC=CC2CC1N1CCCC1.[CH3-].[CH3-].[CH3-].[Ti+3]. The average Bonchev–Trinajstić information content (AvgIpc) is 3.39. The zero-order chi connectivity index (χ0) is 22.4. The van der Waals surface area contributed by atoms with Gasteiger partial charge in [-0.2, -0.15) is 0 Å². The quantitative estimate of drug-likeness (QED) is 0.312. The number of rotatable bonds is 5. The first-order chi connectivity index (χ1) is 14.7. The molecule has 0 bridgehead atoms. The summed E-state index contributed by atoms with van der Waals surface area (Å²) < 4.78 is 0. The van der Waals surface area contributed by atoms with Gasteiger partial charge in [0.05, 0.1) is 8.07 Å². The number of fused-ring (bicyclic) bond motifs is 1. The number of nitrogens with zero attached hydrogens (tertiary/aromatic N) is 1. The van der Waals surface area contributed by atoms with Gasteiger partial charge in [-0.15, -0.1) is 0 Å². The van der Waals surface area contributed by atoms with E-state index >= 15 is 0 Å². The molecule has 1 radical (unpaired) electrons. The first kappa shape index (κ1) is 34.4. The van der Waals surface area contributed by atoms with E-state index in [1.54, 1.807) is 0 Å². The summed E-state index contributed by atoms with van der Waals surface area (Å²) in [7, 11) is -1.99. The van der Waals surface area contributed by atoms with Crippen LogP contribution in [0.15, 0.2) is 36.4 Å². The fraction of sp³-hybridized carbons (Fsp3) is 0.581. The minimum atomic E-state index is -1.99. The summed E-state index contributed by atoms with van der Waals surface area (Å²) in [6.45, 7) is 16.3. The Morgan fingerprint density at radius 3 is 2.09 bits per heavy atom. The van der Waals surface area contributed by atoms with Crippen LogP contribution in [0.5, 0.6) is 5.75 Å². The van der Waals surface area contributed by atoms with Crippen LogP contribution in [0.2, 0.25) is 17.6 Å². The molecule has 0 spiro atoms. The van der Waals surface area contributed by atoms with Crippen LogP contribution < -0.4 is 5.19 Å². The van der Waals surface area contributed by atoms with Gasteiger partial charge < -0.3 is 32.3 Å². The summed E-state index contributed by atoms with van der Waals surface area (Å²) in [6, 6.07) is 7.68. The van der Waals surface area contributed by atoms with Gasteiger partial charge in [-0.25, -0.2) is 0 Å². The zero-order valence-corrected chi connectivity index (χ0v) is 26.7. The monoisotopic (exact) mass is 530 g/mol. The summed E-state index contributed by atoms with van der Waals surface area (Å²) >= 11 is 0. The summed E-state index contributed by atoms with van der Waals surface area (Å²) in [6.07, 6.45) is 13.6. The Balaban J connectivity index is 0.00000289. The van der Waals surface area contributed by atoms with Gasteiger partial charge in [-0.1, -0.05) is 88.7 Å². The molecule has 0 amide bonds. The zero-order valence-electron chi connectivity index (χ0n) is 24.1. The van der Waals surface area contributed by atoms with Crippen molar-refractivity contribution in [3.63, 3.8) is 0 Å². The molecule has 1 saturated heterocycles. The number of hydrogen-bond donors (Lipinski definition) is 1. The van der Waals surface area contributed by atoms with E-state index in [1.807, 2.05) is 0 Å². The first-order valence-electron chi connectivity index (χ1n) is 12.7. The molecular weight excluding hydrogens is 478 g/mol. The molecule has 4 heteroatoms. The van der Waals surface area contributed by atoms with Crippen LogP contribution in [0.3, 0.4) is 0 Å².